The van der Waals surface area contributed by atoms with Crippen LogP contribution in [0.1, 0.15) is 25.0 Å². The van der Waals surface area contributed by atoms with Crippen molar-refractivity contribution in [1.29, 1.82) is 0 Å². The minimum Gasteiger partial charge on any atom is -0.308 e. The Morgan fingerprint density at radius 3 is 3.00 bits per heavy atom. The number of nitrogens with one attached hydrogen (secondary N) is 1. The Balaban J connectivity index is 1.65. The minimum atomic E-state index is 0.718. The molecule has 0 spiro atoms. The van der Waals surface area contributed by atoms with Gasteiger partial charge in [-0.15, -0.1) is 11.3 Å². The second kappa shape index (κ2) is 4.94. The van der Waals surface area contributed by atoms with E-state index < -0.39 is 0 Å². The molecule has 0 aromatic carbocycles. The van der Waals surface area contributed by atoms with Crippen molar-refractivity contribution in [3.05, 3.63) is 35.5 Å². The van der Waals surface area contributed by atoms with Crippen molar-refractivity contribution in [2.45, 2.75) is 31.8 Å². The molecule has 1 saturated carbocycles. The van der Waals surface area contributed by atoms with E-state index in [9.17, 15) is 0 Å². The van der Waals surface area contributed by atoms with E-state index in [1.54, 1.807) is 11.3 Å². The standard InChI is InChI=1S/C13H15N3S/c1-2-7-14-12(6-1)13-16-11(9-17-13)8-15-10-4-3-5-10/h1-2,6-7,9-10,15H,3-5,8H2. The molecule has 4 heteroatoms. The minimum absolute atomic E-state index is 0.718. The fraction of sp³-hybridized carbons (Fsp3) is 0.385. The fourth-order valence-electron chi connectivity index (χ4n) is 1.86. The SMILES string of the molecule is c1ccc(-c2nc(CNC3CCC3)cs2)nc1. The molecule has 1 fully saturated rings. The first-order valence-electron chi connectivity index (χ1n) is 6.01. The number of aromatic nitrogens is 2. The summed E-state index contributed by atoms with van der Waals surface area (Å²) in [5, 5.41) is 6.65. The highest BCUT2D eigenvalue weighted by molar-refractivity contribution is 7.13. The highest BCUT2D eigenvalue weighted by Crippen LogP contribution is 2.22. The van der Waals surface area contributed by atoms with Crippen molar-refractivity contribution in [2.24, 2.45) is 0 Å². The molecule has 1 aliphatic carbocycles. The summed E-state index contributed by atoms with van der Waals surface area (Å²) in [4.78, 5) is 8.92. The Morgan fingerprint density at radius 2 is 2.29 bits per heavy atom. The van der Waals surface area contributed by atoms with Crippen LogP contribution in [0.5, 0.6) is 0 Å². The summed E-state index contributed by atoms with van der Waals surface area (Å²) in [5.41, 5.74) is 2.09. The van der Waals surface area contributed by atoms with Crippen LogP contribution in [0.2, 0.25) is 0 Å². The van der Waals surface area contributed by atoms with Crippen LogP contribution in [0.4, 0.5) is 0 Å². The summed E-state index contributed by atoms with van der Waals surface area (Å²) in [5.74, 6) is 0. The van der Waals surface area contributed by atoms with E-state index in [0.717, 1.165) is 29.0 Å². The Morgan fingerprint density at radius 1 is 1.35 bits per heavy atom. The fourth-order valence-corrected chi connectivity index (χ4v) is 2.65. The second-order valence-electron chi connectivity index (χ2n) is 4.37. The number of thiazole rings is 1. The average Bonchev–Trinajstić information content (AvgIpc) is 2.77. The number of nitrogens with zero attached hydrogens (tertiary/aromatic N) is 2. The maximum Gasteiger partial charge on any atom is 0.142 e. The molecule has 3 nitrogen and oxygen atoms in total. The largest absolute Gasteiger partial charge is 0.308 e. The third-order valence-corrected chi connectivity index (χ3v) is 4.03. The first-order valence-corrected chi connectivity index (χ1v) is 6.89. The third-order valence-electron chi connectivity index (χ3n) is 3.11. The van der Waals surface area contributed by atoms with Crippen LogP contribution in [-0.4, -0.2) is 16.0 Å². The van der Waals surface area contributed by atoms with E-state index in [4.69, 9.17) is 0 Å². The lowest BCUT2D eigenvalue weighted by Crippen LogP contribution is -2.34. The van der Waals surface area contributed by atoms with Gasteiger partial charge < -0.3 is 5.32 Å². The summed E-state index contributed by atoms with van der Waals surface area (Å²) < 4.78 is 0. The Bertz CT molecular complexity index is 476. The number of pyridine rings is 1. The van der Waals surface area contributed by atoms with Gasteiger partial charge in [0, 0.05) is 24.2 Å². The number of rotatable bonds is 4. The summed E-state index contributed by atoms with van der Waals surface area (Å²) in [6, 6.07) is 6.64. The quantitative estimate of drug-likeness (QED) is 0.900. The molecule has 2 heterocycles. The van der Waals surface area contributed by atoms with Gasteiger partial charge >= 0.3 is 0 Å². The van der Waals surface area contributed by atoms with Gasteiger partial charge in [0.25, 0.3) is 0 Å². The van der Waals surface area contributed by atoms with Crippen LogP contribution in [0.15, 0.2) is 29.8 Å². The molecular weight excluding hydrogens is 230 g/mol. The van der Waals surface area contributed by atoms with Crippen LogP contribution in [0, 0.1) is 0 Å². The summed E-state index contributed by atoms with van der Waals surface area (Å²) in [6.07, 6.45) is 5.81. The lowest BCUT2D eigenvalue weighted by molar-refractivity contribution is 0.337. The lowest BCUT2D eigenvalue weighted by atomic mass is 9.93. The van der Waals surface area contributed by atoms with Crippen LogP contribution in [0.25, 0.3) is 10.7 Å². The molecule has 17 heavy (non-hydrogen) atoms. The van der Waals surface area contributed by atoms with E-state index in [1.165, 1.54) is 19.3 Å². The van der Waals surface area contributed by atoms with Crippen molar-refractivity contribution in [3.63, 3.8) is 0 Å². The molecule has 3 rings (SSSR count). The Hall–Kier alpha value is -1.26. The van der Waals surface area contributed by atoms with Gasteiger partial charge in [-0.3, -0.25) is 4.98 Å². The summed E-state index contributed by atoms with van der Waals surface area (Å²) >= 11 is 1.67. The molecule has 0 saturated heterocycles. The van der Waals surface area contributed by atoms with Crippen LogP contribution < -0.4 is 5.32 Å². The molecule has 0 aliphatic heterocycles. The summed E-state index contributed by atoms with van der Waals surface area (Å²) in [6.45, 7) is 0.883. The van der Waals surface area contributed by atoms with Gasteiger partial charge in [0.15, 0.2) is 0 Å². The monoisotopic (exact) mass is 245 g/mol. The van der Waals surface area contributed by atoms with Gasteiger partial charge in [0.1, 0.15) is 5.01 Å². The molecule has 0 radical (unpaired) electrons. The smallest absolute Gasteiger partial charge is 0.142 e. The van der Waals surface area contributed by atoms with Gasteiger partial charge in [0.05, 0.1) is 11.4 Å². The maximum atomic E-state index is 4.60. The summed E-state index contributed by atoms with van der Waals surface area (Å²) in [7, 11) is 0. The van der Waals surface area contributed by atoms with Crippen molar-refractivity contribution >= 4 is 11.3 Å². The molecule has 2 aromatic heterocycles. The molecule has 1 aliphatic rings. The zero-order valence-corrected chi connectivity index (χ0v) is 10.4. The zero-order valence-electron chi connectivity index (χ0n) is 9.60. The first kappa shape index (κ1) is 10.9. The topological polar surface area (TPSA) is 37.8 Å². The Kier molecular flexibility index (Phi) is 3.16. The van der Waals surface area contributed by atoms with Gasteiger partial charge in [-0.2, -0.15) is 0 Å². The van der Waals surface area contributed by atoms with Crippen LogP contribution in [-0.2, 0) is 6.54 Å². The number of hydrogen-bond acceptors (Lipinski definition) is 4. The van der Waals surface area contributed by atoms with E-state index in [1.807, 2.05) is 24.4 Å². The van der Waals surface area contributed by atoms with Crippen molar-refractivity contribution in [3.8, 4) is 10.7 Å². The van der Waals surface area contributed by atoms with Gasteiger partial charge in [-0.05, 0) is 25.0 Å². The highest BCUT2D eigenvalue weighted by Gasteiger charge is 2.16. The van der Waals surface area contributed by atoms with E-state index in [-0.39, 0.29) is 0 Å². The lowest BCUT2D eigenvalue weighted by Gasteiger charge is -2.26. The molecule has 0 bridgehead atoms. The van der Waals surface area contributed by atoms with E-state index in [0.29, 0.717) is 0 Å². The van der Waals surface area contributed by atoms with Crippen molar-refractivity contribution in [1.82, 2.24) is 15.3 Å². The number of hydrogen-bond donors (Lipinski definition) is 1. The third kappa shape index (κ3) is 2.53. The average molecular weight is 245 g/mol. The molecule has 0 unspecified atom stereocenters. The molecule has 0 amide bonds. The highest BCUT2D eigenvalue weighted by atomic mass is 32.1. The van der Waals surface area contributed by atoms with Crippen LogP contribution in [0.3, 0.4) is 0 Å². The van der Waals surface area contributed by atoms with Gasteiger partial charge in [-0.25, -0.2) is 4.98 Å². The molecular formula is C13H15N3S. The Labute approximate surface area is 105 Å². The second-order valence-corrected chi connectivity index (χ2v) is 5.23. The van der Waals surface area contributed by atoms with Crippen LogP contribution >= 0.6 is 11.3 Å². The first-order chi connectivity index (χ1) is 8.42. The molecule has 1 N–H and O–H groups in total. The molecule has 0 atom stereocenters. The van der Waals surface area contributed by atoms with Gasteiger partial charge in [0.2, 0.25) is 0 Å². The maximum absolute atomic E-state index is 4.60. The van der Waals surface area contributed by atoms with Gasteiger partial charge in [-0.1, -0.05) is 12.5 Å². The molecule has 2 aromatic rings. The van der Waals surface area contributed by atoms with E-state index >= 15 is 0 Å². The van der Waals surface area contributed by atoms with Crippen molar-refractivity contribution in [2.75, 3.05) is 0 Å². The predicted molar refractivity (Wildman–Crippen MR) is 69.8 cm³/mol. The predicted octanol–water partition coefficient (Wildman–Crippen LogP) is 2.85. The molecule has 88 valence electrons. The normalized spacial score (nSPS) is 15.8. The van der Waals surface area contributed by atoms with Crippen molar-refractivity contribution < 1.29 is 0 Å². The zero-order chi connectivity index (χ0) is 11.5. The van der Waals surface area contributed by atoms with E-state index in [2.05, 4.69) is 20.7 Å².